The van der Waals surface area contributed by atoms with Gasteiger partial charge in [-0.05, 0) is 25.0 Å². The van der Waals surface area contributed by atoms with Crippen molar-refractivity contribution in [3.8, 4) is 5.75 Å². The molecular weight excluding hydrogens is 256 g/mol. The lowest BCUT2D eigenvalue weighted by Crippen LogP contribution is -2.17. The maximum Gasteiger partial charge on any atom is 0.339 e. The molecule has 1 aliphatic carbocycles. The number of rotatable bonds is 6. The van der Waals surface area contributed by atoms with Gasteiger partial charge >= 0.3 is 5.97 Å². The van der Waals surface area contributed by atoms with Crippen LogP contribution in [0.15, 0.2) is 24.3 Å². The first-order valence-electron chi connectivity index (χ1n) is 7.34. The zero-order valence-corrected chi connectivity index (χ0v) is 11.7. The average molecular weight is 278 g/mol. The van der Waals surface area contributed by atoms with Crippen molar-refractivity contribution in [3.63, 3.8) is 0 Å². The van der Waals surface area contributed by atoms with Gasteiger partial charge in [0.2, 0.25) is 0 Å². The first-order chi connectivity index (χ1) is 9.77. The molecule has 1 aromatic rings. The molecule has 0 radical (unpaired) electrons. The number of aromatic carboxylic acids is 1. The molecule has 0 unspecified atom stereocenters. The second-order valence-electron chi connectivity index (χ2n) is 5.13. The van der Waals surface area contributed by atoms with Crippen molar-refractivity contribution >= 4 is 5.97 Å². The number of carboxylic acid groups (broad SMARTS) is 1. The Bertz CT molecular complexity index is 422. The summed E-state index contributed by atoms with van der Waals surface area (Å²) < 4.78 is 11.3. The molecular formula is C16H22O4. The van der Waals surface area contributed by atoms with Gasteiger partial charge in [-0.1, -0.05) is 37.8 Å². The maximum absolute atomic E-state index is 11.0. The monoisotopic (exact) mass is 278 g/mol. The molecule has 2 rings (SSSR count). The fraction of sp³-hybridized carbons (Fsp3) is 0.562. The fourth-order valence-corrected chi connectivity index (χ4v) is 2.54. The van der Waals surface area contributed by atoms with Crippen LogP contribution in [0.2, 0.25) is 0 Å². The molecule has 0 aromatic heterocycles. The van der Waals surface area contributed by atoms with Gasteiger partial charge in [-0.3, -0.25) is 0 Å². The van der Waals surface area contributed by atoms with Crippen LogP contribution < -0.4 is 4.74 Å². The summed E-state index contributed by atoms with van der Waals surface area (Å²) in [5, 5.41) is 9.05. The molecule has 0 spiro atoms. The summed E-state index contributed by atoms with van der Waals surface area (Å²) in [5.41, 5.74) is 0.196. The smallest absolute Gasteiger partial charge is 0.339 e. The van der Waals surface area contributed by atoms with Gasteiger partial charge in [0.25, 0.3) is 0 Å². The second kappa shape index (κ2) is 7.90. The predicted molar refractivity (Wildman–Crippen MR) is 76.3 cm³/mol. The van der Waals surface area contributed by atoms with Crippen LogP contribution in [0.4, 0.5) is 0 Å². The Morgan fingerprint density at radius 2 is 1.80 bits per heavy atom. The summed E-state index contributed by atoms with van der Waals surface area (Å²) in [6.45, 7) is 0.902. The van der Waals surface area contributed by atoms with E-state index in [2.05, 4.69) is 0 Å². The minimum absolute atomic E-state index is 0.196. The molecule has 1 saturated carbocycles. The fourth-order valence-electron chi connectivity index (χ4n) is 2.54. The molecule has 0 heterocycles. The highest BCUT2D eigenvalue weighted by Crippen LogP contribution is 2.20. The zero-order valence-electron chi connectivity index (χ0n) is 11.7. The van der Waals surface area contributed by atoms with Crippen LogP contribution in [0, 0.1) is 0 Å². The van der Waals surface area contributed by atoms with Gasteiger partial charge in [0, 0.05) is 0 Å². The quantitative estimate of drug-likeness (QED) is 0.639. The summed E-state index contributed by atoms with van der Waals surface area (Å²) >= 11 is 0. The Labute approximate surface area is 119 Å². The van der Waals surface area contributed by atoms with Crippen molar-refractivity contribution in [2.24, 2.45) is 0 Å². The van der Waals surface area contributed by atoms with E-state index in [1.165, 1.54) is 25.7 Å². The molecule has 0 atom stereocenters. The lowest BCUT2D eigenvalue weighted by molar-refractivity contribution is 0.0250. The van der Waals surface area contributed by atoms with E-state index in [9.17, 15) is 4.79 Å². The minimum Gasteiger partial charge on any atom is -0.490 e. The van der Waals surface area contributed by atoms with Gasteiger partial charge < -0.3 is 14.6 Å². The molecule has 1 fully saturated rings. The highest BCUT2D eigenvalue weighted by atomic mass is 16.5. The van der Waals surface area contributed by atoms with Crippen molar-refractivity contribution in [1.29, 1.82) is 0 Å². The molecule has 4 heteroatoms. The molecule has 1 aliphatic rings. The third-order valence-electron chi connectivity index (χ3n) is 3.61. The SMILES string of the molecule is O=C(O)c1ccccc1OCCOC1CCCCCC1. The Morgan fingerprint density at radius 1 is 1.10 bits per heavy atom. The van der Waals surface area contributed by atoms with E-state index in [4.69, 9.17) is 14.6 Å². The lowest BCUT2D eigenvalue weighted by Gasteiger charge is -2.16. The highest BCUT2D eigenvalue weighted by Gasteiger charge is 2.13. The minimum atomic E-state index is -0.967. The van der Waals surface area contributed by atoms with E-state index < -0.39 is 5.97 Å². The largest absolute Gasteiger partial charge is 0.490 e. The molecule has 0 aliphatic heterocycles. The number of ether oxygens (including phenoxy) is 2. The summed E-state index contributed by atoms with van der Waals surface area (Å²) in [4.78, 5) is 11.0. The third-order valence-corrected chi connectivity index (χ3v) is 3.61. The number of benzene rings is 1. The second-order valence-corrected chi connectivity index (χ2v) is 5.13. The van der Waals surface area contributed by atoms with Gasteiger partial charge in [-0.2, -0.15) is 0 Å². The molecule has 1 N–H and O–H groups in total. The Balaban J connectivity index is 1.74. The van der Waals surface area contributed by atoms with E-state index in [1.54, 1.807) is 24.3 Å². The number of para-hydroxylation sites is 1. The van der Waals surface area contributed by atoms with Gasteiger partial charge in [0.05, 0.1) is 12.7 Å². The van der Waals surface area contributed by atoms with Crippen LogP contribution in [0.3, 0.4) is 0 Å². The molecule has 1 aromatic carbocycles. The molecule has 110 valence electrons. The van der Waals surface area contributed by atoms with Crippen LogP contribution >= 0.6 is 0 Å². The van der Waals surface area contributed by atoms with Crippen LogP contribution in [-0.2, 0) is 4.74 Å². The van der Waals surface area contributed by atoms with Crippen LogP contribution in [-0.4, -0.2) is 30.4 Å². The summed E-state index contributed by atoms with van der Waals surface area (Å²) in [5.74, 6) is -0.560. The van der Waals surface area contributed by atoms with Crippen molar-refractivity contribution < 1.29 is 19.4 Å². The molecule has 0 bridgehead atoms. The summed E-state index contributed by atoms with van der Waals surface area (Å²) in [6, 6.07) is 6.69. The average Bonchev–Trinajstić information content (AvgIpc) is 2.72. The van der Waals surface area contributed by atoms with Crippen molar-refractivity contribution in [2.75, 3.05) is 13.2 Å². The first kappa shape index (κ1) is 14.9. The first-order valence-corrected chi connectivity index (χ1v) is 7.34. The Hall–Kier alpha value is -1.55. The van der Waals surface area contributed by atoms with Crippen molar-refractivity contribution in [3.05, 3.63) is 29.8 Å². The molecule has 20 heavy (non-hydrogen) atoms. The Kier molecular flexibility index (Phi) is 5.87. The van der Waals surface area contributed by atoms with Crippen molar-refractivity contribution in [2.45, 2.75) is 44.6 Å². The number of hydrogen-bond donors (Lipinski definition) is 1. The predicted octanol–water partition coefficient (Wildman–Crippen LogP) is 3.50. The third kappa shape index (κ3) is 4.53. The number of carbonyl (C=O) groups is 1. The molecule has 0 saturated heterocycles. The Morgan fingerprint density at radius 3 is 2.50 bits per heavy atom. The van der Waals surface area contributed by atoms with E-state index in [-0.39, 0.29) is 5.56 Å². The molecule has 0 amide bonds. The lowest BCUT2D eigenvalue weighted by atomic mass is 10.1. The highest BCUT2D eigenvalue weighted by molar-refractivity contribution is 5.90. The number of carboxylic acids is 1. The van der Waals surface area contributed by atoms with Gasteiger partial charge in [0.1, 0.15) is 17.9 Å². The van der Waals surface area contributed by atoms with Gasteiger partial charge in [0.15, 0.2) is 0 Å². The van der Waals surface area contributed by atoms with Crippen LogP contribution in [0.25, 0.3) is 0 Å². The van der Waals surface area contributed by atoms with E-state index in [0.29, 0.717) is 25.1 Å². The zero-order chi connectivity index (χ0) is 14.2. The summed E-state index contributed by atoms with van der Waals surface area (Å²) in [7, 11) is 0. The maximum atomic E-state index is 11.0. The van der Waals surface area contributed by atoms with E-state index in [1.807, 2.05) is 0 Å². The summed E-state index contributed by atoms with van der Waals surface area (Å²) in [6.07, 6.45) is 7.71. The van der Waals surface area contributed by atoms with Crippen LogP contribution in [0.5, 0.6) is 5.75 Å². The van der Waals surface area contributed by atoms with Gasteiger partial charge in [-0.25, -0.2) is 4.79 Å². The topological polar surface area (TPSA) is 55.8 Å². The van der Waals surface area contributed by atoms with E-state index >= 15 is 0 Å². The standard InChI is InChI=1S/C16H22O4/c17-16(18)14-9-5-6-10-15(14)20-12-11-19-13-7-3-1-2-4-8-13/h5-6,9-10,13H,1-4,7-8,11-12H2,(H,17,18). The van der Waals surface area contributed by atoms with E-state index in [0.717, 1.165) is 12.8 Å². The number of hydrogen-bond acceptors (Lipinski definition) is 3. The normalized spacial score (nSPS) is 16.6. The van der Waals surface area contributed by atoms with Crippen molar-refractivity contribution in [1.82, 2.24) is 0 Å². The van der Waals surface area contributed by atoms with Gasteiger partial charge in [-0.15, -0.1) is 0 Å². The molecule has 4 nitrogen and oxygen atoms in total. The van der Waals surface area contributed by atoms with Crippen LogP contribution in [0.1, 0.15) is 48.9 Å².